The largest absolute Gasteiger partial charge is 0.474 e. The lowest BCUT2D eigenvalue weighted by Gasteiger charge is -2.14. The summed E-state index contributed by atoms with van der Waals surface area (Å²) in [5.74, 6) is 0.212. The lowest BCUT2D eigenvalue weighted by Crippen LogP contribution is -2.14. The van der Waals surface area contributed by atoms with Crippen molar-refractivity contribution >= 4 is 22.6 Å². The van der Waals surface area contributed by atoms with Crippen LogP contribution in [0.1, 0.15) is 37.2 Å². The van der Waals surface area contributed by atoms with Crippen LogP contribution in [0.15, 0.2) is 36.7 Å². The first-order valence-corrected chi connectivity index (χ1v) is 7.94. The van der Waals surface area contributed by atoms with Crippen LogP contribution >= 0.6 is 0 Å². The first-order valence-electron chi connectivity index (χ1n) is 7.94. The third kappa shape index (κ3) is 3.34. The molecule has 0 aromatic carbocycles. The summed E-state index contributed by atoms with van der Waals surface area (Å²) in [6.45, 7) is 4.15. The van der Waals surface area contributed by atoms with Crippen LogP contribution in [-0.2, 0) is 0 Å². The molecule has 3 rings (SSSR count). The van der Waals surface area contributed by atoms with E-state index in [0.29, 0.717) is 22.6 Å². The van der Waals surface area contributed by atoms with Crippen molar-refractivity contribution in [2.45, 2.75) is 32.8 Å². The summed E-state index contributed by atoms with van der Waals surface area (Å²) >= 11 is 0. The average Bonchev–Trinajstić information content (AvgIpc) is 3.03. The van der Waals surface area contributed by atoms with Crippen molar-refractivity contribution < 1.29 is 9.53 Å². The van der Waals surface area contributed by atoms with Gasteiger partial charge >= 0.3 is 0 Å². The van der Waals surface area contributed by atoms with Gasteiger partial charge in [-0.2, -0.15) is 10.1 Å². The quantitative estimate of drug-likeness (QED) is 0.726. The normalized spacial score (nSPS) is 11.0. The number of nitrogens with zero attached hydrogens (tertiary/aromatic N) is 3. The summed E-state index contributed by atoms with van der Waals surface area (Å²) in [5, 5.41) is 10.3. The van der Waals surface area contributed by atoms with Gasteiger partial charge in [0.1, 0.15) is 0 Å². The molecule has 0 bridgehead atoms. The van der Waals surface area contributed by atoms with Crippen molar-refractivity contribution in [1.82, 2.24) is 20.2 Å². The Hall–Kier alpha value is -2.96. The van der Waals surface area contributed by atoms with Crippen molar-refractivity contribution in [1.29, 1.82) is 0 Å². The van der Waals surface area contributed by atoms with Gasteiger partial charge in [-0.25, -0.2) is 0 Å². The van der Waals surface area contributed by atoms with Gasteiger partial charge in [0.25, 0.3) is 5.91 Å². The fourth-order valence-corrected chi connectivity index (χ4v) is 2.38. The number of amides is 1. The van der Waals surface area contributed by atoms with E-state index in [-0.39, 0.29) is 17.7 Å². The van der Waals surface area contributed by atoms with Gasteiger partial charge in [-0.05, 0) is 31.0 Å². The van der Waals surface area contributed by atoms with Gasteiger partial charge in [0.05, 0.1) is 23.4 Å². The van der Waals surface area contributed by atoms with E-state index < -0.39 is 0 Å². The van der Waals surface area contributed by atoms with E-state index in [2.05, 4.69) is 39.3 Å². The van der Waals surface area contributed by atoms with Crippen LogP contribution in [0.25, 0.3) is 11.0 Å². The minimum Gasteiger partial charge on any atom is -0.474 e. The monoisotopic (exact) mass is 325 g/mol. The maximum Gasteiger partial charge on any atom is 0.276 e. The average molecular weight is 325 g/mol. The SMILES string of the molecule is CCC(CC)Oc1ccc2c(C(=O)Nc3cccnc3)n[nH]c2n1. The molecule has 7 nitrogen and oxygen atoms in total. The zero-order valence-electron chi connectivity index (χ0n) is 13.6. The molecule has 0 fully saturated rings. The third-order valence-corrected chi connectivity index (χ3v) is 3.73. The van der Waals surface area contributed by atoms with Gasteiger partial charge in [0.2, 0.25) is 5.88 Å². The van der Waals surface area contributed by atoms with Gasteiger partial charge in [-0.3, -0.25) is 14.9 Å². The molecule has 2 N–H and O–H groups in total. The standard InChI is InChI=1S/C17H19N5O2/c1-3-12(4-2)24-14-8-7-13-15(21-22-16(13)20-14)17(23)19-11-6-5-9-18-10-11/h5-10,12H,3-4H2,1-2H3,(H,19,23)(H,20,21,22). The first-order chi connectivity index (χ1) is 11.7. The molecule has 0 spiro atoms. The van der Waals surface area contributed by atoms with Crippen LogP contribution in [0.2, 0.25) is 0 Å². The number of carbonyl (C=O) groups excluding carboxylic acids is 1. The fraction of sp³-hybridized carbons (Fsp3) is 0.294. The van der Waals surface area contributed by atoms with Gasteiger partial charge in [0, 0.05) is 12.3 Å². The smallest absolute Gasteiger partial charge is 0.276 e. The summed E-state index contributed by atoms with van der Waals surface area (Å²) in [6.07, 6.45) is 5.18. The maximum atomic E-state index is 12.4. The van der Waals surface area contributed by atoms with Gasteiger partial charge in [-0.1, -0.05) is 13.8 Å². The molecule has 24 heavy (non-hydrogen) atoms. The highest BCUT2D eigenvalue weighted by atomic mass is 16.5. The van der Waals surface area contributed by atoms with E-state index in [9.17, 15) is 4.79 Å². The first kappa shape index (κ1) is 15.9. The van der Waals surface area contributed by atoms with E-state index >= 15 is 0 Å². The molecule has 0 aliphatic heterocycles. The Bertz CT molecular complexity index is 827. The number of hydrogen-bond donors (Lipinski definition) is 2. The van der Waals surface area contributed by atoms with Gasteiger partial charge in [0.15, 0.2) is 11.3 Å². The van der Waals surface area contributed by atoms with Crippen LogP contribution in [0.5, 0.6) is 5.88 Å². The van der Waals surface area contributed by atoms with Crippen molar-refractivity contribution in [3.63, 3.8) is 0 Å². The lowest BCUT2D eigenvalue weighted by molar-refractivity contribution is 0.102. The lowest BCUT2D eigenvalue weighted by atomic mass is 10.2. The molecule has 0 saturated heterocycles. The second-order valence-corrected chi connectivity index (χ2v) is 5.37. The van der Waals surface area contributed by atoms with E-state index in [1.54, 1.807) is 36.7 Å². The molecular formula is C17H19N5O2. The summed E-state index contributed by atoms with van der Waals surface area (Å²) in [6, 6.07) is 7.07. The number of carbonyl (C=O) groups is 1. The van der Waals surface area contributed by atoms with E-state index in [1.165, 1.54) is 0 Å². The Kier molecular flexibility index (Phi) is 4.69. The number of hydrogen-bond acceptors (Lipinski definition) is 5. The molecule has 0 atom stereocenters. The predicted octanol–water partition coefficient (Wildman–Crippen LogP) is 3.17. The molecule has 7 heteroatoms. The van der Waals surface area contributed by atoms with E-state index in [4.69, 9.17) is 4.74 Å². The topological polar surface area (TPSA) is 92.8 Å². The molecule has 0 aliphatic carbocycles. The van der Waals surface area contributed by atoms with Crippen molar-refractivity contribution in [3.05, 3.63) is 42.4 Å². The highest BCUT2D eigenvalue weighted by Crippen LogP contribution is 2.20. The predicted molar refractivity (Wildman–Crippen MR) is 91.1 cm³/mol. The van der Waals surface area contributed by atoms with Crippen LogP contribution < -0.4 is 10.1 Å². The third-order valence-electron chi connectivity index (χ3n) is 3.73. The minimum absolute atomic E-state index is 0.131. The number of anilines is 1. The Balaban J connectivity index is 1.81. The number of rotatable bonds is 6. The highest BCUT2D eigenvalue weighted by Gasteiger charge is 2.16. The Morgan fingerprint density at radius 3 is 2.83 bits per heavy atom. The Morgan fingerprint density at radius 2 is 2.12 bits per heavy atom. The molecule has 0 radical (unpaired) electrons. The Morgan fingerprint density at radius 1 is 1.29 bits per heavy atom. The number of aromatic nitrogens is 4. The number of fused-ring (bicyclic) bond motifs is 1. The fourth-order valence-electron chi connectivity index (χ4n) is 2.38. The molecule has 3 aromatic heterocycles. The molecule has 0 aliphatic rings. The zero-order chi connectivity index (χ0) is 16.9. The van der Waals surface area contributed by atoms with Gasteiger partial charge in [-0.15, -0.1) is 0 Å². The number of nitrogens with one attached hydrogen (secondary N) is 2. The van der Waals surface area contributed by atoms with Crippen LogP contribution in [-0.4, -0.2) is 32.2 Å². The molecule has 3 heterocycles. The van der Waals surface area contributed by atoms with E-state index in [0.717, 1.165) is 12.8 Å². The highest BCUT2D eigenvalue weighted by molar-refractivity contribution is 6.10. The number of aromatic amines is 1. The van der Waals surface area contributed by atoms with Crippen molar-refractivity contribution in [2.24, 2.45) is 0 Å². The second-order valence-electron chi connectivity index (χ2n) is 5.37. The number of H-pyrrole nitrogens is 1. The Labute approximate surface area is 139 Å². The number of pyridine rings is 2. The molecule has 1 amide bonds. The van der Waals surface area contributed by atoms with Crippen LogP contribution in [0, 0.1) is 0 Å². The van der Waals surface area contributed by atoms with Crippen molar-refractivity contribution in [2.75, 3.05) is 5.32 Å². The summed E-state index contributed by atoms with van der Waals surface area (Å²) in [5.41, 5.74) is 1.42. The van der Waals surface area contributed by atoms with E-state index in [1.807, 2.05) is 0 Å². The summed E-state index contributed by atoms with van der Waals surface area (Å²) < 4.78 is 5.82. The minimum atomic E-state index is -0.315. The van der Waals surface area contributed by atoms with Crippen LogP contribution in [0.4, 0.5) is 5.69 Å². The maximum absolute atomic E-state index is 12.4. The molecule has 0 unspecified atom stereocenters. The molecular weight excluding hydrogens is 306 g/mol. The zero-order valence-corrected chi connectivity index (χ0v) is 13.6. The summed E-state index contributed by atoms with van der Waals surface area (Å²) in [4.78, 5) is 20.7. The van der Waals surface area contributed by atoms with Gasteiger partial charge < -0.3 is 10.1 Å². The van der Waals surface area contributed by atoms with Crippen LogP contribution in [0.3, 0.4) is 0 Å². The van der Waals surface area contributed by atoms with Crippen molar-refractivity contribution in [3.8, 4) is 5.88 Å². The molecule has 124 valence electrons. The molecule has 0 saturated carbocycles. The summed E-state index contributed by atoms with van der Waals surface area (Å²) in [7, 11) is 0. The second kappa shape index (κ2) is 7.08. The number of ether oxygens (including phenoxy) is 1. The molecule has 3 aromatic rings.